The predicted molar refractivity (Wildman–Crippen MR) is 115 cm³/mol. The second kappa shape index (κ2) is 7.76. The normalized spacial score (nSPS) is 12.4. The molecule has 0 bridgehead atoms. The van der Waals surface area contributed by atoms with Gasteiger partial charge in [-0.15, -0.1) is 0 Å². The molecule has 28 heavy (non-hydrogen) atoms. The van der Waals surface area contributed by atoms with E-state index < -0.39 is 0 Å². The van der Waals surface area contributed by atoms with Crippen molar-refractivity contribution in [2.45, 2.75) is 39.3 Å². The summed E-state index contributed by atoms with van der Waals surface area (Å²) in [6, 6.07) is 15.0. The molecule has 4 aromatic rings. The van der Waals surface area contributed by atoms with Crippen LogP contribution in [0.2, 0.25) is 0 Å². The fourth-order valence-electron chi connectivity index (χ4n) is 3.32. The molecule has 0 spiro atoms. The van der Waals surface area contributed by atoms with Crippen molar-refractivity contribution in [2.75, 3.05) is 10.6 Å². The van der Waals surface area contributed by atoms with Crippen molar-refractivity contribution >= 4 is 33.2 Å². The molecule has 0 aliphatic carbocycles. The number of aromatic nitrogens is 4. The minimum absolute atomic E-state index is 0.211. The van der Waals surface area contributed by atoms with Gasteiger partial charge in [0.1, 0.15) is 6.33 Å². The van der Waals surface area contributed by atoms with Crippen LogP contribution in [-0.4, -0.2) is 32.2 Å². The second-order valence-corrected chi connectivity index (χ2v) is 7.45. The van der Waals surface area contributed by atoms with Gasteiger partial charge in [-0.2, -0.15) is 10.2 Å². The predicted octanol–water partition coefficient (Wildman–Crippen LogP) is 4.44. The second-order valence-electron chi connectivity index (χ2n) is 7.45. The van der Waals surface area contributed by atoms with Gasteiger partial charge in [-0.25, -0.2) is 9.97 Å². The molecular formula is C22H24N6. The van der Waals surface area contributed by atoms with Crippen LogP contribution in [-0.2, 0) is 6.42 Å². The molecule has 2 aromatic carbocycles. The van der Waals surface area contributed by atoms with Gasteiger partial charge in [0.15, 0.2) is 0 Å². The Balaban J connectivity index is 1.49. The molecule has 1 unspecified atom stereocenters. The number of rotatable bonds is 6. The molecule has 0 aliphatic heterocycles. The van der Waals surface area contributed by atoms with Crippen LogP contribution in [0.15, 0.2) is 55.0 Å². The lowest BCUT2D eigenvalue weighted by atomic mass is 10.1. The first-order valence-corrected chi connectivity index (χ1v) is 9.56. The largest absolute Gasteiger partial charge is 0.383 e. The van der Waals surface area contributed by atoms with Crippen LogP contribution in [0.5, 0.6) is 0 Å². The monoisotopic (exact) mass is 372 g/mol. The summed E-state index contributed by atoms with van der Waals surface area (Å²) in [6.07, 6.45) is 4.18. The Morgan fingerprint density at radius 1 is 0.821 bits per heavy atom. The molecule has 1 atom stereocenters. The summed E-state index contributed by atoms with van der Waals surface area (Å²) in [4.78, 5) is 8.37. The van der Waals surface area contributed by atoms with Crippen molar-refractivity contribution in [2.24, 2.45) is 0 Å². The molecule has 142 valence electrons. The van der Waals surface area contributed by atoms with Crippen molar-refractivity contribution < 1.29 is 0 Å². The molecule has 6 nitrogen and oxygen atoms in total. The molecule has 0 fully saturated rings. The van der Waals surface area contributed by atoms with E-state index in [1.807, 2.05) is 30.5 Å². The molecule has 2 heterocycles. The smallest absolute Gasteiger partial charge is 0.116 e. The van der Waals surface area contributed by atoms with E-state index in [0.29, 0.717) is 6.04 Å². The molecule has 6 heteroatoms. The van der Waals surface area contributed by atoms with Gasteiger partial charge in [0.2, 0.25) is 0 Å². The van der Waals surface area contributed by atoms with Crippen LogP contribution in [0.25, 0.3) is 21.8 Å². The van der Waals surface area contributed by atoms with Crippen molar-refractivity contribution in [1.82, 2.24) is 20.2 Å². The summed E-state index contributed by atoms with van der Waals surface area (Å²) in [5.41, 5.74) is 4.95. The third kappa shape index (κ3) is 4.17. The topological polar surface area (TPSA) is 75.6 Å². The summed E-state index contributed by atoms with van der Waals surface area (Å²) in [7, 11) is 0. The number of fused-ring (bicyclic) bond motifs is 2. The van der Waals surface area contributed by atoms with Crippen LogP contribution in [0.1, 0.15) is 26.5 Å². The Kier molecular flexibility index (Phi) is 5.02. The number of hydrogen-bond acceptors (Lipinski definition) is 6. The van der Waals surface area contributed by atoms with Gasteiger partial charge in [-0.1, -0.05) is 0 Å². The lowest BCUT2D eigenvalue weighted by Gasteiger charge is -2.15. The quantitative estimate of drug-likeness (QED) is 0.521. The van der Waals surface area contributed by atoms with Crippen LogP contribution in [0.3, 0.4) is 0 Å². The van der Waals surface area contributed by atoms with Crippen molar-refractivity contribution in [3.8, 4) is 0 Å². The van der Waals surface area contributed by atoms with Gasteiger partial charge in [0, 0.05) is 46.8 Å². The minimum Gasteiger partial charge on any atom is -0.383 e. The van der Waals surface area contributed by atoms with Gasteiger partial charge in [0.05, 0.1) is 16.7 Å². The van der Waals surface area contributed by atoms with E-state index >= 15 is 0 Å². The first-order valence-electron chi connectivity index (χ1n) is 9.56. The van der Waals surface area contributed by atoms with Gasteiger partial charge < -0.3 is 10.6 Å². The molecule has 0 saturated carbocycles. The highest BCUT2D eigenvalue weighted by Gasteiger charge is 2.08. The van der Waals surface area contributed by atoms with Crippen LogP contribution in [0, 0.1) is 0 Å². The number of nitrogens with one attached hydrogen (secondary N) is 2. The third-order valence-electron chi connectivity index (χ3n) is 4.53. The summed E-state index contributed by atoms with van der Waals surface area (Å²) in [5.74, 6) is 0. The van der Waals surface area contributed by atoms with Crippen LogP contribution < -0.4 is 10.6 Å². The first-order chi connectivity index (χ1) is 13.6. The van der Waals surface area contributed by atoms with E-state index in [0.717, 1.165) is 45.3 Å². The SMILES string of the molecule is CC(C)Nc1ccc2nnc(CC(C)Nc3ccc4cncnc4c3)cc2c1. The molecule has 0 radical (unpaired) electrons. The molecular weight excluding hydrogens is 348 g/mol. The molecule has 0 saturated heterocycles. The first kappa shape index (κ1) is 18.1. The van der Waals surface area contributed by atoms with E-state index in [1.165, 1.54) is 0 Å². The maximum absolute atomic E-state index is 4.40. The van der Waals surface area contributed by atoms with Crippen molar-refractivity contribution in [1.29, 1.82) is 0 Å². The van der Waals surface area contributed by atoms with Crippen molar-refractivity contribution in [3.05, 3.63) is 60.7 Å². The number of hydrogen-bond donors (Lipinski definition) is 2. The Morgan fingerprint density at radius 2 is 1.64 bits per heavy atom. The van der Waals surface area contributed by atoms with Gasteiger partial charge in [0.25, 0.3) is 0 Å². The van der Waals surface area contributed by atoms with Crippen molar-refractivity contribution in [3.63, 3.8) is 0 Å². The lowest BCUT2D eigenvalue weighted by molar-refractivity contribution is 0.757. The van der Waals surface area contributed by atoms with E-state index in [-0.39, 0.29) is 6.04 Å². The summed E-state index contributed by atoms with van der Waals surface area (Å²) < 4.78 is 0. The maximum Gasteiger partial charge on any atom is 0.116 e. The number of anilines is 2. The third-order valence-corrected chi connectivity index (χ3v) is 4.53. The molecule has 4 rings (SSSR count). The highest BCUT2D eigenvalue weighted by atomic mass is 15.1. The van der Waals surface area contributed by atoms with E-state index in [9.17, 15) is 0 Å². The van der Waals surface area contributed by atoms with Gasteiger partial charge >= 0.3 is 0 Å². The van der Waals surface area contributed by atoms with Crippen LogP contribution in [0.4, 0.5) is 11.4 Å². The standard InChI is InChI=1S/C22H24N6/c1-14(2)25-18-6-7-21-17(9-18)10-20(27-28-21)8-15(3)26-19-5-4-16-12-23-13-24-22(16)11-19/h4-7,9-15,25-26H,8H2,1-3H3. The van der Waals surface area contributed by atoms with E-state index in [2.05, 4.69) is 69.8 Å². The zero-order valence-corrected chi connectivity index (χ0v) is 16.3. The highest BCUT2D eigenvalue weighted by Crippen LogP contribution is 2.20. The molecule has 2 aromatic heterocycles. The molecule has 2 N–H and O–H groups in total. The Bertz CT molecular complexity index is 1110. The summed E-state index contributed by atoms with van der Waals surface area (Å²) >= 11 is 0. The summed E-state index contributed by atoms with van der Waals surface area (Å²) in [5, 5.41) is 17.9. The Labute approximate surface area is 164 Å². The fourth-order valence-corrected chi connectivity index (χ4v) is 3.32. The number of benzene rings is 2. The molecule has 0 aliphatic rings. The molecule has 0 amide bonds. The Hall–Kier alpha value is -3.28. The Morgan fingerprint density at radius 3 is 2.50 bits per heavy atom. The zero-order valence-electron chi connectivity index (χ0n) is 16.3. The zero-order chi connectivity index (χ0) is 19.5. The van der Waals surface area contributed by atoms with Gasteiger partial charge in [-0.05, 0) is 63.2 Å². The van der Waals surface area contributed by atoms with E-state index in [1.54, 1.807) is 6.33 Å². The highest BCUT2D eigenvalue weighted by molar-refractivity contribution is 5.82. The maximum atomic E-state index is 4.40. The average molecular weight is 372 g/mol. The lowest BCUT2D eigenvalue weighted by Crippen LogP contribution is -2.19. The number of nitrogens with zero attached hydrogens (tertiary/aromatic N) is 4. The average Bonchev–Trinajstić information content (AvgIpc) is 2.67. The van der Waals surface area contributed by atoms with Crippen LogP contribution >= 0.6 is 0 Å². The van der Waals surface area contributed by atoms with E-state index in [4.69, 9.17) is 0 Å². The minimum atomic E-state index is 0.211. The van der Waals surface area contributed by atoms with Gasteiger partial charge in [-0.3, -0.25) is 0 Å². The fraction of sp³-hybridized carbons (Fsp3) is 0.273. The summed E-state index contributed by atoms with van der Waals surface area (Å²) in [6.45, 7) is 6.41.